The van der Waals surface area contributed by atoms with Crippen LogP contribution in [0, 0.1) is 6.92 Å². The SMILES string of the molecule is Cc1ccc(Oc2cnc(N)nc2Nc2ccc(O)cc2)cc1. The van der Waals surface area contributed by atoms with E-state index in [0.29, 0.717) is 17.3 Å². The van der Waals surface area contributed by atoms with Gasteiger partial charge in [-0.1, -0.05) is 17.7 Å². The molecule has 0 radical (unpaired) electrons. The minimum atomic E-state index is 0.141. The van der Waals surface area contributed by atoms with E-state index in [2.05, 4.69) is 15.3 Å². The molecule has 0 bridgehead atoms. The average molecular weight is 308 g/mol. The van der Waals surface area contributed by atoms with E-state index in [4.69, 9.17) is 10.5 Å². The summed E-state index contributed by atoms with van der Waals surface area (Å²) in [6.07, 6.45) is 1.52. The van der Waals surface area contributed by atoms with Gasteiger partial charge in [-0.15, -0.1) is 0 Å². The van der Waals surface area contributed by atoms with Gasteiger partial charge < -0.3 is 20.9 Å². The molecule has 4 N–H and O–H groups in total. The highest BCUT2D eigenvalue weighted by Gasteiger charge is 2.09. The zero-order valence-corrected chi connectivity index (χ0v) is 12.5. The Morgan fingerprint density at radius 2 is 1.74 bits per heavy atom. The van der Waals surface area contributed by atoms with Crippen LogP contribution in [0.15, 0.2) is 54.7 Å². The van der Waals surface area contributed by atoms with E-state index in [0.717, 1.165) is 11.3 Å². The topological polar surface area (TPSA) is 93.3 Å². The Morgan fingerprint density at radius 1 is 1.04 bits per heavy atom. The molecule has 0 saturated heterocycles. The quantitative estimate of drug-likeness (QED) is 0.638. The second kappa shape index (κ2) is 6.23. The van der Waals surface area contributed by atoms with Gasteiger partial charge in [0.2, 0.25) is 5.95 Å². The van der Waals surface area contributed by atoms with Gasteiger partial charge in [-0.05, 0) is 43.3 Å². The van der Waals surface area contributed by atoms with E-state index in [9.17, 15) is 5.11 Å². The molecule has 0 aliphatic rings. The lowest BCUT2D eigenvalue weighted by atomic mass is 10.2. The zero-order chi connectivity index (χ0) is 16.2. The van der Waals surface area contributed by atoms with Gasteiger partial charge >= 0.3 is 0 Å². The van der Waals surface area contributed by atoms with Crippen LogP contribution in [0.3, 0.4) is 0 Å². The van der Waals surface area contributed by atoms with Crippen molar-refractivity contribution in [2.75, 3.05) is 11.1 Å². The summed E-state index contributed by atoms with van der Waals surface area (Å²) in [6, 6.07) is 14.3. The van der Waals surface area contributed by atoms with Crippen LogP contribution < -0.4 is 15.8 Å². The van der Waals surface area contributed by atoms with Crippen LogP contribution in [0.1, 0.15) is 5.56 Å². The minimum absolute atomic E-state index is 0.141. The largest absolute Gasteiger partial charge is 0.508 e. The molecule has 0 spiro atoms. The minimum Gasteiger partial charge on any atom is -0.508 e. The molecule has 3 rings (SSSR count). The molecule has 0 saturated carbocycles. The number of rotatable bonds is 4. The molecule has 0 amide bonds. The number of aromatic nitrogens is 2. The molecule has 3 aromatic rings. The van der Waals surface area contributed by atoms with Crippen molar-refractivity contribution in [2.45, 2.75) is 6.92 Å². The second-order valence-corrected chi connectivity index (χ2v) is 5.03. The van der Waals surface area contributed by atoms with E-state index in [1.807, 2.05) is 31.2 Å². The van der Waals surface area contributed by atoms with Gasteiger partial charge in [-0.25, -0.2) is 4.98 Å². The monoisotopic (exact) mass is 308 g/mol. The highest BCUT2D eigenvalue weighted by atomic mass is 16.5. The molecule has 6 nitrogen and oxygen atoms in total. The van der Waals surface area contributed by atoms with E-state index < -0.39 is 0 Å². The molecule has 1 aromatic heterocycles. The van der Waals surface area contributed by atoms with Gasteiger partial charge in [0.05, 0.1) is 6.20 Å². The average Bonchev–Trinajstić information content (AvgIpc) is 2.54. The van der Waals surface area contributed by atoms with Crippen molar-refractivity contribution >= 4 is 17.5 Å². The Hall–Kier alpha value is -3.28. The lowest BCUT2D eigenvalue weighted by molar-refractivity contribution is 0.475. The van der Waals surface area contributed by atoms with Gasteiger partial charge in [0.15, 0.2) is 11.6 Å². The predicted molar refractivity (Wildman–Crippen MR) is 89.1 cm³/mol. The molecule has 0 unspecified atom stereocenters. The van der Waals surface area contributed by atoms with E-state index >= 15 is 0 Å². The molecule has 2 aromatic carbocycles. The number of anilines is 3. The maximum Gasteiger partial charge on any atom is 0.222 e. The van der Waals surface area contributed by atoms with E-state index in [1.54, 1.807) is 24.3 Å². The lowest BCUT2D eigenvalue weighted by Crippen LogP contribution is -2.02. The molecule has 116 valence electrons. The fourth-order valence-corrected chi connectivity index (χ4v) is 1.96. The summed E-state index contributed by atoms with van der Waals surface area (Å²) in [4.78, 5) is 8.14. The summed E-state index contributed by atoms with van der Waals surface area (Å²) in [5, 5.41) is 12.4. The molecule has 0 aliphatic heterocycles. The number of hydrogen-bond acceptors (Lipinski definition) is 6. The van der Waals surface area contributed by atoms with Crippen LogP contribution in [-0.2, 0) is 0 Å². The zero-order valence-electron chi connectivity index (χ0n) is 12.5. The Balaban J connectivity index is 1.88. The van der Waals surface area contributed by atoms with E-state index in [1.165, 1.54) is 6.20 Å². The molecule has 1 heterocycles. The first-order chi connectivity index (χ1) is 11.1. The number of phenolic OH excluding ortho intramolecular Hbond substituents is 1. The third-order valence-corrected chi connectivity index (χ3v) is 3.15. The number of aromatic hydroxyl groups is 1. The molecular weight excluding hydrogens is 292 g/mol. The Morgan fingerprint density at radius 3 is 2.43 bits per heavy atom. The van der Waals surface area contributed by atoms with Gasteiger partial charge in [0.1, 0.15) is 11.5 Å². The van der Waals surface area contributed by atoms with E-state index in [-0.39, 0.29) is 11.7 Å². The van der Waals surface area contributed by atoms with Crippen molar-refractivity contribution in [1.82, 2.24) is 9.97 Å². The summed E-state index contributed by atoms with van der Waals surface area (Å²) in [5.74, 6) is 1.91. The third-order valence-electron chi connectivity index (χ3n) is 3.15. The summed E-state index contributed by atoms with van der Waals surface area (Å²) in [5.41, 5.74) is 7.55. The first-order valence-electron chi connectivity index (χ1n) is 7.03. The van der Waals surface area contributed by atoms with Gasteiger partial charge in [0, 0.05) is 5.69 Å². The van der Waals surface area contributed by atoms with Gasteiger partial charge in [0.25, 0.3) is 0 Å². The second-order valence-electron chi connectivity index (χ2n) is 5.03. The number of benzene rings is 2. The summed E-state index contributed by atoms with van der Waals surface area (Å²) in [6.45, 7) is 2.01. The summed E-state index contributed by atoms with van der Waals surface area (Å²) < 4.78 is 5.82. The van der Waals surface area contributed by atoms with Gasteiger partial charge in [-0.3, -0.25) is 0 Å². The van der Waals surface area contributed by atoms with Crippen molar-refractivity contribution in [3.8, 4) is 17.2 Å². The van der Waals surface area contributed by atoms with Crippen molar-refractivity contribution in [2.24, 2.45) is 0 Å². The van der Waals surface area contributed by atoms with Crippen LogP contribution in [-0.4, -0.2) is 15.1 Å². The number of nitrogens with zero attached hydrogens (tertiary/aromatic N) is 2. The number of aryl methyl sites for hydroxylation is 1. The molecule has 0 aliphatic carbocycles. The summed E-state index contributed by atoms with van der Waals surface area (Å²) in [7, 11) is 0. The van der Waals surface area contributed by atoms with Crippen LogP contribution >= 0.6 is 0 Å². The van der Waals surface area contributed by atoms with Crippen molar-refractivity contribution < 1.29 is 9.84 Å². The smallest absolute Gasteiger partial charge is 0.222 e. The third kappa shape index (κ3) is 3.68. The van der Waals surface area contributed by atoms with Crippen molar-refractivity contribution in [1.29, 1.82) is 0 Å². The number of nitrogen functional groups attached to an aromatic ring is 1. The number of hydrogen-bond donors (Lipinski definition) is 3. The number of ether oxygens (including phenoxy) is 1. The highest BCUT2D eigenvalue weighted by molar-refractivity contribution is 5.63. The van der Waals surface area contributed by atoms with Crippen LogP contribution in [0.2, 0.25) is 0 Å². The highest BCUT2D eigenvalue weighted by Crippen LogP contribution is 2.30. The molecular formula is C17H16N4O2. The van der Waals surface area contributed by atoms with Gasteiger partial charge in [-0.2, -0.15) is 4.98 Å². The fraction of sp³-hybridized carbons (Fsp3) is 0.0588. The number of phenols is 1. The molecule has 0 fully saturated rings. The fourth-order valence-electron chi connectivity index (χ4n) is 1.96. The maximum absolute atomic E-state index is 9.34. The maximum atomic E-state index is 9.34. The van der Waals surface area contributed by atoms with Crippen molar-refractivity contribution in [3.63, 3.8) is 0 Å². The molecule has 6 heteroatoms. The first kappa shape index (κ1) is 14.6. The predicted octanol–water partition coefficient (Wildman–Crippen LogP) is 3.61. The van der Waals surface area contributed by atoms with Crippen LogP contribution in [0.25, 0.3) is 0 Å². The summed E-state index contributed by atoms with van der Waals surface area (Å²) >= 11 is 0. The Kier molecular flexibility index (Phi) is 3.97. The standard InChI is InChI=1S/C17H16N4O2/c1-11-2-8-14(9-3-11)23-15-10-19-17(18)21-16(15)20-12-4-6-13(22)7-5-12/h2-10,22H,1H3,(H3,18,19,20,21). The first-order valence-corrected chi connectivity index (χ1v) is 7.03. The Bertz CT molecular complexity index is 802. The van der Waals surface area contributed by atoms with Crippen LogP contribution in [0.5, 0.6) is 17.2 Å². The molecule has 23 heavy (non-hydrogen) atoms. The number of nitrogens with one attached hydrogen (secondary N) is 1. The Labute approximate surface area is 133 Å². The molecule has 0 atom stereocenters. The van der Waals surface area contributed by atoms with Crippen molar-refractivity contribution in [3.05, 3.63) is 60.3 Å². The van der Waals surface area contributed by atoms with Crippen LogP contribution in [0.4, 0.5) is 17.5 Å². The number of nitrogens with two attached hydrogens (primary N) is 1. The lowest BCUT2D eigenvalue weighted by Gasteiger charge is -2.12. The normalized spacial score (nSPS) is 10.3.